The molecule has 0 N–H and O–H groups in total. The van der Waals surface area contributed by atoms with Crippen molar-refractivity contribution in [2.24, 2.45) is 5.92 Å². The maximum Gasteiger partial charge on any atom is 0.190 e. The summed E-state index contributed by atoms with van der Waals surface area (Å²) < 4.78 is 60.0. The maximum absolute atomic E-state index is 15.1. The maximum atomic E-state index is 15.1. The van der Waals surface area contributed by atoms with E-state index in [0.29, 0.717) is 25.7 Å². The molecular formula is C22H27F3O3. The van der Waals surface area contributed by atoms with Crippen LogP contribution in [0.4, 0.5) is 13.2 Å². The molecule has 0 aromatic heterocycles. The highest BCUT2D eigenvalue weighted by molar-refractivity contribution is 5.77. The van der Waals surface area contributed by atoms with Gasteiger partial charge in [-0.15, -0.1) is 0 Å². The molecule has 1 aliphatic heterocycles. The van der Waals surface area contributed by atoms with Gasteiger partial charge in [0.2, 0.25) is 0 Å². The fourth-order valence-corrected chi connectivity index (χ4v) is 3.70. The van der Waals surface area contributed by atoms with Gasteiger partial charge in [0.05, 0.1) is 13.2 Å². The van der Waals surface area contributed by atoms with E-state index in [-0.39, 0.29) is 17.6 Å². The molecule has 6 heteroatoms. The lowest BCUT2D eigenvalue weighted by Crippen LogP contribution is -2.51. The minimum Gasteiger partial charge on any atom is -0.365 e. The average molecular weight is 396 g/mol. The minimum absolute atomic E-state index is 0.111. The van der Waals surface area contributed by atoms with Gasteiger partial charge in [0, 0.05) is 30.6 Å². The summed E-state index contributed by atoms with van der Waals surface area (Å²) in [5.41, 5.74) is -0.787. The van der Waals surface area contributed by atoms with Gasteiger partial charge in [-0.25, -0.2) is 13.2 Å². The van der Waals surface area contributed by atoms with Crippen LogP contribution in [-0.2, 0) is 14.2 Å². The molecule has 1 unspecified atom stereocenters. The van der Waals surface area contributed by atoms with E-state index in [0.717, 1.165) is 37.5 Å². The summed E-state index contributed by atoms with van der Waals surface area (Å²) in [5.74, 6) is -1.68. The lowest BCUT2D eigenvalue weighted by Gasteiger charge is -2.42. The van der Waals surface area contributed by atoms with Crippen LogP contribution in [0.3, 0.4) is 0 Å². The van der Waals surface area contributed by atoms with Gasteiger partial charge in [0.25, 0.3) is 0 Å². The van der Waals surface area contributed by atoms with Crippen molar-refractivity contribution >= 4 is 5.57 Å². The number of hydrogen-bond donors (Lipinski definition) is 0. The van der Waals surface area contributed by atoms with Crippen molar-refractivity contribution in [1.29, 1.82) is 0 Å². The highest BCUT2D eigenvalue weighted by Crippen LogP contribution is 2.40. The SMILES string of the molecule is CCCOC1([C@H]2OC[C@H](CCC)CO2)C=CC(c2cc(F)cc(F)c2)=C(F)C1. The Bertz CT molecular complexity index is 718. The standard InChI is InChI=1S/C22H27F3O3/c1-3-5-15-13-26-21(27-14-15)22(28-8-4-2)7-6-19(20(25)12-22)16-9-17(23)11-18(24)10-16/h6-7,9-11,15,21H,3-5,8,12-14H2,1-2H3/t15-,21-,22?. The van der Waals surface area contributed by atoms with Gasteiger partial charge >= 0.3 is 0 Å². The zero-order valence-electron chi connectivity index (χ0n) is 16.3. The molecule has 1 atom stereocenters. The molecule has 28 heavy (non-hydrogen) atoms. The van der Waals surface area contributed by atoms with Gasteiger partial charge in [-0.05, 0) is 36.6 Å². The monoisotopic (exact) mass is 396 g/mol. The summed E-state index contributed by atoms with van der Waals surface area (Å²) in [7, 11) is 0. The third kappa shape index (κ3) is 4.67. The number of hydrogen-bond acceptors (Lipinski definition) is 3. The molecule has 1 saturated heterocycles. The van der Waals surface area contributed by atoms with Crippen LogP contribution >= 0.6 is 0 Å². The van der Waals surface area contributed by atoms with Crippen LogP contribution in [0, 0.1) is 17.6 Å². The molecule has 1 fully saturated rings. The Morgan fingerprint density at radius 3 is 2.29 bits per heavy atom. The number of benzene rings is 1. The second-order valence-electron chi connectivity index (χ2n) is 7.44. The molecule has 0 radical (unpaired) electrons. The van der Waals surface area contributed by atoms with E-state index < -0.39 is 29.4 Å². The summed E-state index contributed by atoms with van der Waals surface area (Å²) in [5, 5.41) is 0. The number of allylic oxidation sites excluding steroid dienone is 2. The molecule has 1 heterocycles. The van der Waals surface area contributed by atoms with Crippen LogP contribution in [-0.4, -0.2) is 31.7 Å². The Balaban J connectivity index is 1.82. The molecule has 1 aliphatic carbocycles. The van der Waals surface area contributed by atoms with Crippen LogP contribution in [0.15, 0.2) is 36.2 Å². The van der Waals surface area contributed by atoms with E-state index in [1.807, 2.05) is 6.92 Å². The summed E-state index contributed by atoms with van der Waals surface area (Å²) in [6.07, 6.45) is 5.19. The largest absolute Gasteiger partial charge is 0.365 e. The van der Waals surface area contributed by atoms with Crippen molar-refractivity contribution in [3.05, 3.63) is 53.4 Å². The Morgan fingerprint density at radius 1 is 1.04 bits per heavy atom. The topological polar surface area (TPSA) is 27.7 Å². The molecule has 0 bridgehead atoms. The molecule has 154 valence electrons. The molecule has 1 aromatic carbocycles. The molecule has 0 amide bonds. The molecular weight excluding hydrogens is 369 g/mol. The second kappa shape index (κ2) is 9.25. The quantitative estimate of drug-likeness (QED) is 0.604. The Labute approximate surface area is 164 Å². The van der Waals surface area contributed by atoms with Crippen molar-refractivity contribution in [2.75, 3.05) is 19.8 Å². The normalized spacial score (nSPS) is 28.0. The predicted molar refractivity (Wildman–Crippen MR) is 101 cm³/mol. The fraction of sp³-hybridized carbons (Fsp3) is 0.545. The fourth-order valence-electron chi connectivity index (χ4n) is 3.70. The lowest BCUT2D eigenvalue weighted by molar-refractivity contribution is -0.274. The smallest absolute Gasteiger partial charge is 0.190 e. The lowest BCUT2D eigenvalue weighted by atomic mass is 9.87. The molecule has 2 aliphatic rings. The van der Waals surface area contributed by atoms with Gasteiger partial charge in [-0.2, -0.15) is 0 Å². The van der Waals surface area contributed by atoms with Crippen LogP contribution in [0.5, 0.6) is 0 Å². The minimum atomic E-state index is -1.09. The first-order chi connectivity index (χ1) is 13.5. The van der Waals surface area contributed by atoms with E-state index in [2.05, 4.69) is 6.92 Å². The molecule has 1 aromatic rings. The van der Waals surface area contributed by atoms with Gasteiger partial charge in [0.15, 0.2) is 6.29 Å². The first kappa shape index (κ1) is 21.1. The van der Waals surface area contributed by atoms with E-state index in [4.69, 9.17) is 14.2 Å². The second-order valence-corrected chi connectivity index (χ2v) is 7.44. The molecule has 0 spiro atoms. The van der Waals surface area contributed by atoms with Gasteiger partial charge in [-0.3, -0.25) is 0 Å². The highest BCUT2D eigenvalue weighted by atomic mass is 19.1. The van der Waals surface area contributed by atoms with Crippen molar-refractivity contribution < 1.29 is 27.4 Å². The molecule has 3 rings (SSSR count). The van der Waals surface area contributed by atoms with Crippen LogP contribution < -0.4 is 0 Å². The van der Waals surface area contributed by atoms with E-state index in [9.17, 15) is 8.78 Å². The van der Waals surface area contributed by atoms with Crippen molar-refractivity contribution in [3.8, 4) is 0 Å². The zero-order valence-corrected chi connectivity index (χ0v) is 16.3. The first-order valence-electron chi connectivity index (χ1n) is 9.89. The van der Waals surface area contributed by atoms with Crippen molar-refractivity contribution in [1.82, 2.24) is 0 Å². The summed E-state index contributed by atoms with van der Waals surface area (Å²) in [6, 6.07) is 3.00. The van der Waals surface area contributed by atoms with E-state index in [1.165, 1.54) is 6.08 Å². The van der Waals surface area contributed by atoms with Gasteiger partial charge < -0.3 is 14.2 Å². The van der Waals surface area contributed by atoms with E-state index >= 15 is 4.39 Å². The third-order valence-electron chi connectivity index (χ3n) is 5.07. The molecule has 3 nitrogen and oxygen atoms in total. The van der Waals surface area contributed by atoms with Crippen LogP contribution in [0.1, 0.15) is 45.1 Å². The van der Waals surface area contributed by atoms with E-state index in [1.54, 1.807) is 6.08 Å². The average Bonchev–Trinajstić information content (AvgIpc) is 2.66. The highest BCUT2D eigenvalue weighted by Gasteiger charge is 2.45. The number of halogens is 3. The third-order valence-corrected chi connectivity index (χ3v) is 5.07. The Kier molecular flexibility index (Phi) is 6.96. The Morgan fingerprint density at radius 2 is 1.71 bits per heavy atom. The van der Waals surface area contributed by atoms with Gasteiger partial charge in [-0.1, -0.05) is 26.3 Å². The summed E-state index contributed by atoms with van der Waals surface area (Å²) in [4.78, 5) is 0. The molecule has 0 saturated carbocycles. The number of rotatable bonds is 7. The zero-order chi connectivity index (χ0) is 20.1. The number of ether oxygens (including phenoxy) is 3. The van der Waals surface area contributed by atoms with Crippen LogP contribution in [0.25, 0.3) is 5.57 Å². The Hall–Kier alpha value is -1.63. The van der Waals surface area contributed by atoms with Crippen LogP contribution in [0.2, 0.25) is 0 Å². The predicted octanol–water partition coefficient (Wildman–Crippen LogP) is 5.56. The van der Waals surface area contributed by atoms with Crippen molar-refractivity contribution in [2.45, 2.75) is 51.4 Å². The summed E-state index contributed by atoms with van der Waals surface area (Å²) >= 11 is 0. The van der Waals surface area contributed by atoms with Gasteiger partial charge in [0.1, 0.15) is 23.1 Å². The first-order valence-corrected chi connectivity index (χ1v) is 9.89. The van der Waals surface area contributed by atoms with Crippen molar-refractivity contribution in [3.63, 3.8) is 0 Å². The summed E-state index contributed by atoms with van der Waals surface area (Å²) in [6.45, 7) is 5.57.